The second-order valence-corrected chi connectivity index (χ2v) is 5.34. The Balaban J connectivity index is 2.30. The lowest BCUT2D eigenvalue weighted by molar-refractivity contribution is 0.00301. The minimum atomic E-state index is 0.511. The monoisotopic (exact) mass is 256 g/mol. The van der Waals surface area contributed by atoms with Gasteiger partial charge < -0.3 is 10.1 Å². The molecule has 0 aromatic heterocycles. The van der Waals surface area contributed by atoms with Crippen molar-refractivity contribution in [2.24, 2.45) is 0 Å². The van der Waals surface area contributed by atoms with Gasteiger partial charge in [-0.2, -0.15) is 0 Å². The molecule has 1 unspecified atom stereocenters. The molecule has 1 aliphatic heterocycles. The van der Waals surface area contributed by atoms with Gasteiger partial charge in [-0.05, 0) is 39.2 Å². The summed E-state index contributed by atoms with van der Waals surface area (Å²) in [5, 5.41) is 3.58. The third kappa shape index (κ3) is 5.68. The molecule has 1 fully saturated rings. The summed E-state index contributed by atoms with van der Waals surface area (Å²) in [4.78, 5) is 2.67. The van der Waals surface area contributed by atoms with Crippen molar-refractivity contribution in [2.45, 2.75) is 65.0 Å². The predicted octanol–water partition coefficient (Wildman–Crippen LogP) is 2.66. The minimum absolute atomic E-state index is 0.511. The van der Waals surface area contributed by atoms with Crippen molar-refractivity contribution in [2.75, 3.05) is 32.8 Å². The molecule has 0 aliphatic carbocycles. The number of likely N-dealkylation sites (tertiary alicyclic amines) is 1. The van der Waals surface area contributed by atoms with Gasteiger partial charge in [0.25, 0.3) is 0 Å². The molecule has 1 saturated heterocycles. The molecule has 0 aromatic carbocycles. The van der Waals surface area contributed by atoms with Crippen molar-refractivity contribution in [1.29, 1.82) is 0 Å². The normalized spacial score (nSPS) is 20.2. The fraction of sp³-hybridized carbons (Fsp3) is 1.00. The van der Waals surface area contributed by atoms with Crippen molar-refractivity contribution in [3.8, 4) is 0 Å². The fourth-order valence-electron chi connectivity index (χ4n) is 2.84. The first-order valence-electron chi connectivity index (χ1n) is 7.88. The molecule has 3 heteroatoms. The zero-order chi connectivity index (χ0) is 13.2. The Bertz CT molecular complexity index is 191. The minimum Gasteiger partial charge on any atom is -0.378 e. The average molecular weight is 256 g/mol. The van der Waals surface area contributed by atoms with E-state index in [2.05, 4.69) is 31.0 Å². The number of piperidine rings is 1. The number of rotatable bonds is 9. The van der Waals surface area contributed by atoms with Gasteiger partial charge in [-0.15, -0.1) is 0 Å². The van der Waals surface area contributed by atoms with Crippen LogP contribution in [0.5, 0.6) is 0 Å². The van der Waals surface area contributed by atoms with E-state index in [-0.39, 0.29) is 0 Å². The van der Waals surface area contributed by atoms with Gasteiger partial charge in [-0.1, -0.05) is 20.3 Å². The summed E-state index contributed by atoms with van der Waals surface area (Å²) in [6, 6.07) is 0.726. The molecule has 0 amide bonds. The third-order valence-corrected chi connectivity index (χ3v) is 3.82. The molecular weight excluding hydrogens is 224 g/mol. The summed E-state index contributed by atoms with van der Waals surface area (Å²) < 4.78 is 5.73. The molecule has 0 aromatic rings. The van der Waals surface area contributed by atoms with Gasteiger partial charge >= 0.3 is 0 Å². The van der Waals surface area contributed by atoms with E-state index in [1.165, 1.54) is 45.2 Å². The highest BCUT2D eigenvalue weighted by molar-refractivity contribution is 4.80. The fourth-order valence-corrected chi connectivity index (χ4v) is 2.84. The maximum Gasteiger partial charge on any atom is 0.0599 e. The zero-order valence-corrected chi connectivity index (χ0v) is 12.6. The quantitative estimate of drug-likeness (QED) is 0.642. The summed E-state index contributed by atoms with van der Waals surface area (Å²) in [7, 11) is 0. The number of hydrogen-bond donors (Lipinski definition) is 1. The molecule has 1 aliphatic rings. The van der Waals surface area contributed by atoms with Crippen LogP contribution in [0.1, 0.15) is 52.9 Å². The van der Waals surface area contributed by atoms with Gasteiger partial charge in [0, 0.05) is 32.3 Å². The van der Waals surface area contributed by atoms with Crippen LogP contribution >= 0.6 is 0 Å². The SMILES string of the molecule is CCCNCC(CCC)N1CCC(OCC)CC1. The Morgan fingerprint density at radius 2 is 1.89 bits per heavy atom. The maximum absolute atomic E-state index is 5.73. The first-order chi connectivity index (χ1) is 8.81. The second-order valence-electron chi connectivity index (χ2n) is 5.34. The summed E-state index contributed by atoms with van der Waals surface area (Å²) in [6.45, 7) is 12.2. The van der Waals surface area contributed by atoms with E-state index in [0.717, 1.165) is 25.7 Å². The van der Waals surface area contributed by atoms with Crippen molar-refractivity contribution >= 4 is 0 Å². The molecular formula is C15H32N2O. The molecule has 1 rings (SSSR count). The summed E-state index contributed by atoms with van der Waals surface area (Å²) >= 11 is 0. The van der Waals surface area contributed by atoms with E-state index in [1.54, 1.807) is 0 Å². The highest BCUT2D eigenvalue weighted by atomic mass is 16.5. The molecule has 1 heterocycles. The van der Waals surface area contributed by atoms with E-state index >= 15 is 0 Å². The molecule has 0 spiro atoms. The number of hydrogen-bond acceptors (Lipinski definition) is 3. The van der Waals surface area contributed by atoms with Crippen LogP contribution in [-0.4, -0.2) is 49.8 Å². The van der Waals surface area contributed by atoms with Crippen LogP contribution in [0.25, 0.3) is 0 Å². The molecule has 1 atom stereocenters. The van der Waals surface area contributed by atoms with Crippen LogP contribution in [0.4, 0.5) is 0 Å². The number of nitrogens with one attached hydrogen (secondary N) is 1. The molecule has 0 saturated carbocycles. The standard InChI is InChI=1S/C15H32N2O/c1-4-7-14(13-16-10-5-2)17-11-8-15(9-12-17)18-6-3/h14-16H,4-13H2,1-3H3. The van der Waals surface area contributed by atoms with E-state index in [9.17, 15) is 0 Å². The molecule has 3 nitrogen and oxygen atoms in total. The highest BCUT2D eigenvalue weighted by Crippen LogP contribution is 2.17. The smallest absolute Gasteiger partial charge is 0.0599 e. The Hall–Kier alpha value is -0.120. The van der Waals surface area contributed by atoms with Gasteiger partial charge in [-0.3, -0.25) is 4.90 Å². The zero-order valence-electron chi connectivity index (χ0n) is 12.6. The molecule has 1 N–H and O–H groups in total. The average Bonchev–Trinajstić information content (AvgIpc) is 2.39. The van der Waals surface area contributed by atoms with Crippen molar-refractivity contribution < 1.29 is 4.74 Å². The van der Waals surface area contributed by atoms with Crippen LogP contribution in [0.15, 0.2) is 0 Å². The van der Waals surface area contributed by atoms with Gasteiger partial charge in [0.2, 0.25) is 0 Å². The van der Waals surface area contributed by atoms with Crippen LogP contribution in [0, 0.1) is 0 Å². The number of nitrogens with zero attached hydrogens (tertiary/aromatic N) is 1. The van der Waals surface area contributed by atoms with Gasteiger partial charge in [-0.25, -0.2) is 0 Å². The van der Waals surface area contributed by atoms with Crippen LogP contribution in [-0.2, 0) is 4.74 Å². The van der Waals surface area contributed by atoms with E-state index in [1.807, 2.05) is 0 Å². The largest absolute Gasteiger partial charge is 0.378 e. The van der Waals surface area contributed by atoms with Crippen LogP contribution < -0.4 is 5.32 Å². The van der Waals surface area contributed by atoms with Gasteiger partial charge in [0.15, 0.2) is 0 Å². The van der Waals surface area contributed by atoms with Crippen molar-refractivity contribution in [3.63, 3.8) is 0 Å². The Labute approximate surface area is 113 Å². The third-order valence-electron chi connectivity index (χ3n) is 3.82. The molecule has 0 bridgehead atoms. The predicted molar refractivity (Wildman–Crippen MR) is 78.1 cm³/mol. The van der Waals surface area contributed by atoms with Gasteiger partial charge in [0.05, 0.1) is 6.10 Å². The highest BCUT2D eigenvalue weighted by Gasteiger charge is 2.24. The lowest BCUT2D eigenvalue weighted by Gasteiger charge is -2.37. The first kappa shape index (κ1) is 15.9. The summed E-state index contributed by atoms with van der Waals surface area (Å²) in [6.07, 6.45) is 6.76. The summed E-state index contributed by atoms with van der Waals surface area (Å²) in [5.74, 6) is 0. The second kappa shape index (κ2) is 9.76. The lowest BCUT2D eigenvalue weighted by Crippen LogP contribution is -2.47. The Morgan fingerprint density at radius 3 is 2.44 bits per heavy atom. The van der Waals surface area contributed by atoms with E-state index in [4.69, 9.17) is 4.74 Å². The van der Waals surface area contributed by atoms with Crippen molar-refractivity contribution in [1.82, 2.24) is 10.2 Å². The molecule has 108 valence electrons. The maximum atomic E-state index is 5.73. The van der Waals surface area contributed by atoms with Crippen LogP contribution in [0.2, 0.25) is 0 Å². The lowest BCUT2D eigenvalue weighted by atomic mass is 10.0. The molecule has 0 radical (unpaired) electrons. The Kier molecular flexibility index (Phi) is 8.64. The Morgan fingerprint density at radius 1 is 1.17 bits per heavy atom. The van der Waals surface area contributed by atoms with E-state index < -0.39 is 0 Å². The summed E-state index contributed by atoms with van der Waals surface area (Å²) in [5.41, 5.74) is 0. The topological polar surface area (TPSA) is 24.5 Å². The van der Waals surface area contributed by atoms with E-state index in [0.29, 0.717) is 6.10 Å². The molecule has 18 heavy (non-hydrogen) atoms. The van der Waals surface area contributed by atoms with Gasteiger partial charge in [0.1, 0.15) is 0 Å². The van der Waals surface area contributed by atoms with Crippen LogP contribution in [0.3, 0.4) is 0 Å². The van der Waals surface area contributed by atoms with Crippen molar-refractivity contribution in [3.05, 3.63) is 0 Å². The first-order valence-corrected chi connectivity index (χ1v) is 7.88. The number of ether oxygens (including phenoxy) is 1.